The standard InChI is InChI=1S/C17H21ClFN3O2.ClH/c18-13-2-1-3-14(19)15(13)17(24)22-10-8-21(9-11-22)16(23)12-4-6-20-7-5-12;/h1-3,12,20H,4-11H2;1H. The van der Waals surface area contributed by atoms with Crippen molar-refractivity contribution in [3.63, 3.8) is 0 Å². The smallest absolute Gasteiger partial charge is 0.258 e. The summed E-state index contributed by atoms with van der Waals surface area (Å²) in [5.41, 5.74) is -0.0858. The number of hydrogen-bond donors (Lipinski definition) is 1. The van der Waals surface area contributed by atoms with Crippen molar-refractivity contribution in [1.29, 1.82) is 0 Å². The molecule has 2 aliphatic heterocycles. The van der Waals surface area contributed by atoms with Gasteiger partial charge in [0.15, 0.2) is 0 Å². The fourth-order valence-corrected chi connectivity index (χ4v) is 3.56. The number of hydrogen-bond acceptors (Lipinski definition) is 3. The molecule has 1 aromatic rings. The number of nitrogens with one attached hydrogen (secondary N) is 1. The van der Waals surface area contributed by atoms with Gasteiger partial charge in [0, 0.05) is 32.1 Å². The predicted octanol–water partition coefficient (Wildman–Crippen LogP) is 2.18. The lowest BCUT2D eigenvalue weighted by Gasteiger charge is -2.37. The summed E-state index contributed by atoms with van der Waals surface area (Å²) in [6.07, 6.45) is 1.73. The molecule has 1 aromatic carbocycles. The van der Waals surface area contributed by atoms with Crippen molar-refractivity contribution >= 4 is 35.8 Å². The van der Waals surface area contributed by atoms with Crippen LogP contribution in [0.3, 0.4) is 0 Å². The number of nitrogens with zero attached hydrogens (tertiary/aromatic N) is 2. The van der Waals surface area contributed by atoms with E-state index in [1.54, 1.807) is 4.90 Å². The third-order valence-electron chi connectivity index (χ3n) is 4.74. The monoisotopic (exact) mass is 389 g/mol. The number of piperazine rings is 1. The zero-order chi connectivity index (χ0) is 17.1. The summed E-state index contributed by atoms with van der Waals surface area (Å²) in [4.78, 5) is 28.4. The Labute approximate surface area is 157 Å². The van der Waals surface area contributed by atoms with Gasteiger partial charge in [0.25, 0.3) is 5.91 Å². The van der Waals surface area contributed by atoms with Gasteiger partial charge in [-0.25, -0.2) is 4.39 Å². The number of piperidine rings is 1. The van der Waals surface area contributed by atoms with Gasteiger partial charge in [0.2, 0.25) is 5.91 Å². The van der Waals surface area contributed by atoms with Crippen molar-refractivity contribution < 1.29 is 14.0 Å². The normalized spacial score (nSPS) is 18.6. The number of benzene rings is 1. The summed E-state index contributed by atoms with van der Waals surface area (Å²) < 4.78 is 13.9. The lowest BCUT2D eigenvalue weighted by molar-refractivity contribution is -0.137. The van der Waals surface area contributed by atoms with Gasteiger partial charge in [-0.15, -0.1) is 12.4 Å². The zero-order valence-corrected chi connectivity index (χ0v) is 15.4. The van der Waals surface area contributed by atoms with Crippen LogP contribution < -0.4 is 5.32 Å². The largest absolute Gasteiger partial charge is 0.339 e. The van der Waals surface area contributed by atoms with Gasteiger partial charge in [0.05, 0.1) is 10.6 Å². The molecule has 0 unspecified atom stereocenters. The molecule has 0 radical (unpaired) electrons. The lowest BCUT2D eigenvalue weighted by Crippen LogP contribution is -2.52. The van der Waals surface area contributed by atoms with Crippen LogP contribution in [0.25, 0.3) is 0 Å². The minimum absolute atomic E-state index is 0. The summed E-state index contributed by atoms with van der Waals surface area (Å²) >= 11 is 5.97. The SMILES string of the molecule is Cl.O=C(c1c(F)cccc1Cl)N1CCN(C(=O)C2CCNCC2)CC1. The quantitative estimate of drug-likeness (QED) is 0.843. The van der Waals surface area contributed by atoms with Crippen molar-refractivity contribution in [2.45, 2.75) is 12.8 Å². The Morgan fingerprint density at radius 1 is 1.08 bits per heavy atom. The Bertz CT molecular complexity index is 610. The maximum atomic E-state index is 13.9. The van der Waals surface area contributed by atoms with Crippen LogP contribution >= 0.6 is 24.0 Å². The molecule has 0 atom stereocenters. The van der Waals surface area contributed by atoms with E-state index in [1.165, 1.54) is 18.2 Å². The van der Waals surface area contributed by atoms with Crippen LogP contribution in [0, 0.1) is 11.7 Å². The lowest BCUT2D eigenvalue weighted by atomic mass is 9.96. The number of halogens is 3. The average Bonchev–Trinajstić information content (AvgIpc) is 2.62. The van der Waals surface area contributed by atoms with Gasteiger partial charge in [-0.2, -0.15) is 0 Å². The summed E-state index contributed by atoms with van der Waals surface area (Å²) in [5.74, 6) is -0.769. The van der Waals surface area contributed by atoms with Crippen molar-refractivity contribution in [3.8, 4) is 0 Å². The van der Waals surface area contributed by atoms with Crippen LogP contribution in [0.2, 0.25) is 5.02 Å². The number of carbonyl (C=O) groups excluding carboxylic acids is 2. The van der Waals surface area contributed by atoms with Gasteiger partial charge in [-0.1, -0.05) is 17.7 Å². The molecular weight excluding hydrogens is 368 g/mol. The molecule has 25 heavy (non-hydrogen) atoms. The fourth-order valence-electron chi connectivity index (χ4n) is 3.32. The first kappa shape index (κ1) is 19.9. The van der Waals surface area contributed by atoms with E-state index in [0.717, 1.165) is 25.9 Å². The second kappa shape index (κ2) is 8.83. The molecule has 1 N–H and O–H groups in total. The molecule has 2 amide bonds. The Morgan fingerprint density at radius 2 is 1.68 bits per heavy atom. The first-order valence-corrected chi connectivity index (χ1v) is 8.68. The van der Waals surface area contributed by atoms with Crippen LogP contribution in [0.15, 0.2) is 18.2 Å². The topological polar surface area (TPSA) is 52.7 Å². The van der Waals surface area contributed by atoms with E-state index in [-0.39, 0.29) is 34.8 Å². The molecule has 8 heteroatoms. The Kier molecular flexibility index (Phi) is 7.04. The van der Waals surface area contributed by atoms with E-state index in [9.17, 15) is 14.0 Å². The van der Waals surface area contributed by atoms with Crippen LogP contribution in [0.4, 0.5) is 4.39 Å². The molecule has 2 fully saturated rings. The van der Waals surface area contributed by atoms with Crippen LogP contribution in [0.1, 0.15) is 23.2 Å². The van der Waals surface area contributed by atoms with Gasteiger partial charge in [0.1, 0.15) is 5.82 Å². The molecule has 0 aromatic heterocycles. The molecule has 3 rings (SSSR count). The van der Waals surface area contributed by atoms with Crippen LogP contribution in [-0.4, -0.2) is 60.9 Å². The molecule has 138 valence electrons. The summed E-state index contributed by atoms with van der Waals surface area (Å²) in [7, 11) is 0. The van der Waals surface area contributed by atoms with E-state index in [4.69, 9.17) is 11.6 Å². The van der Waals surface area contributed by atoms with Crippen molar-refractivity contribution in [1.82, 2.24) is 15.1 Å². The molecule has 0 saturated carbocycles. The van der Waals surface area contributed by atoms with Crippen molar-refractivity contribution in [3.05, 3.63) is 34.6 Å². The van der Waals surface area contributed by atoms with Crippen molar-refractivity contribution in [2.75, 3.05) is 39.3 Å². The maximum Gasteiger partial charge on any atom is 0.258 e. The first-order chi connectivity index (χ1) is 11.6. The highest BCUT2D eigenvalue weighted by Crippen LogP contribution is 2.22. The van der Waals surface area contributed by atoms with Gasteiger partial charge in [-0.05, 0) is 38.1 Å². The number of rotatable bonds is 2. The maximum absolute atomic E-state index is 13.9. The van der Waals surface area contributed by atoms with Crippen LogP contribution in [0.5, 0.6) is 0 Å². The van der Waals surface area contributed by atoms with Gasteiger partial charge >= 0.3 is 0 Å². The minimum atomic E-state index is -0.610. The summed E-state index contributed by atoms with van der Waals surface area (Å²) in [5, 5.41) is 3.37. The molecule has 0 spiro atoms. The molecule has 5 nitrogen and oxygen atoms in total. The first-order valence-electron chi connectivity index (χ1n) is 8.30. The van der Waals surface area contributed by atoms with E-state index in [0.29, 0.717) is 26.2 Å². The van der Waals surface area contributed by atoms with E-state index in [1.807, 2.05) is 4.90 Å². The van der Waals surface area contributed by atoms with Gasteiger partial charge in [-0.3, -0.25) is 9.59 Å². The highest BCUT2D eigenvalue weighted by atomic mass is 35.5. The average molecular weight is 390 g/mol. The molecular formula is C17H22Cl2FN3O2. The van der Waals surface area contributed by atoms with Gasteiger partial charge < -0.3 is 15.1 Å². The van der Waals surface area contributed by atoms with E-state index >= 15 is 0 Å². The molecule has 0 aliphatic carbocycles. The summed E-state index contributed by atoms with van der Waals surface area (Å²) in [6, 6.07) is 4.22. The molecule has 0 bridgehead atoms. The highest BCUT2D eigenvalue weighted by molar-refractivity contribution is 6.33. The fraction of sp³-hybridized carbons (Fsp3) is 0.529. The van der Waals surface area contributed by atoms with Crippen molar-refractivity contribution in [2.24, 2.45) is 5.92 Å². The zero-order valence-electron chi connectivity index (χ0n) is 13.8. The number of carbonyl (C=O) groups is 2. The molecule has 2 heterocycles. The van der Waals surface area contributed by atoms with Crippen LogP contribution in [-0.2, 0) is 4.79 Å². The van der Waals surface area contributed by atoms with E-state index in [2.05, 4.69) is 5.32 Å². The third-order valence-corrected chi connectivity index (χ3v) is 5.06. The Balaban J connectivity index is 0.00000225. The Morgan fingerprint density at radius 3 is 2.28 bits per heavy atom. The second-order valence-corrected chi connectivity index (χ2v) is 6.65. The Hall–Kier alpha value is -1.37. The highest BCUT2D eigenvalue weighted by Gasteiger charge is 2.31. The van der Waals surface area contributed by atoms with E-state index < -0.39 is 11.7 Å². The minimum Gasteiger partial charge on any atom is -0.339 e. The second-order valence-electron chi connectivity index (χ2n) is 6.24. The molecule has 2 saturated heterocycles. The summed E-state index contributed by atoms with van der Waals surface area (Å²) in [6.45, 7) is 3.53. The number of amides is 2. The third kappa shape index (κ3) is 4.43. The molecule has 2 aliphatic rings. The predicted molar refractivity (Wildman–Crippen MR) is 96.7 cm³/mol.